The summed E-state index contributed by atoms with van der Waals surface area (Å²) in [5, 5.41) is 191. The predicted octanol–water partition coefficient (Wildman–Crippen LogP) is -10.0. The van der Waals surface area contributed by atoms with E-state index in [2.05, 4.69) is 10.6 Å². The highest BCUT2D eigenvalue weighted by Crippen LogP contribution is 2.56. The van der Waals surface area contributed by atoms with Gasteiger partial charge in [-0.15, -0.1) is 0 Å². The molecule has 2 amide bonds. The molecule has 38 heteroatoms. The molecule has 534 valence electrons. The van der Waals surface area contributed by atoms with Crippen LogP contribution >= 0.6 is 7.60 Å². The number of carbonyl (C=O) groups excluding carboxylic acids is 2. The van der Waals surface area contributed by atoms with Crippen LogP contribution in [0.2, 0.25) is 0 Å². The molecule has 0 spiro atoms. The number of aliphatic hydroxyl groups excluding tert-OH is 17. The minimum atomic E-state index is -4.83. The molecule has 5 heterocycles. The Labute approximate surface area is 524 Å². The van der Waals surface area contributed by atoms with Crippen molar-refractivity contribution < 1.29 is 167 Å². The minimum absolute atomic E-state index is 0.0158. The van der Waals surface area contributed by atoms with Gasteiger partial charge in [-0.25, -0.2) is 0 Å². The van der Waals surface area contributed by atoms with Gasteiger partial charge in [0.25, 0.3) is 0 Å². The second-order valence-corrected chi connectivity index (χ2v) is 26.2. The number of carbonyl (C=O) groups is 2. The molecule has 0 radical (unpaired) electrons. The Morgan fingerprint density at radius 3 is 1.53 bits per heavy atom. The smallest absolute Gasteiger partial charge is 0.359 e. The lowest BCUT2D eigenvalue weighted by atomic mass is 9.92. The molecule has 0 aromatic heterocycles. The topological polar surface area (TPSA) is 585 Å². The molecule has 37 nitrogen and oxygen atoms in total. The summed E-state index contributed by atoms with van der Waals surface area (Å²) >= 11 is 0. The maximum Gasteiger partial charge on any atom is 0.359 e. The predicted molar refractivity (Wildman–Crippen MR) is 299 cm³/mol. The van der Waals surface area contributed by atoms with Crippen molar-refractivity contribution in [3.63, 3.8) is 0 Å². The quantitative estimate of drug-likeness (QED) is 0.0210. The Morgan fingerprint density at radius 2 is 1.00 bits per heavy atom. The van der Waals surface area contributed by atoms with E-state index in [0.717, 1.165) is 13.8 Å². The molecular formula is C53H98N3O34P. The lowest BCUT2D eigenvalue weighted by Gasteiger charge is -2.51. The van der Waals surface area contributed by atoms with Crippen LogP contribution < -0.4 is 16.4 Å². The van der Waals surface area contributed by atoms with Crippen LogP contribution in [-0.2, 0) is 75.5 Å². The zero-order valence-electron chi connectivity index (χ0n) is 51.5. The normalized spacial score (nSPS) is 40.0. The number of nitrogens with two attached hydrogens (primary N) is 1. The Balaban J connectivity index is 1.49. The van der Waals surface area contributed by atoms with Crippen molar-refractivity contribution in [2.24, 2.45) is 11.7 Å². The molecule has 5 saturated heterocycles. The van der Waals surface area contributed by atoms with E-state index < -0.39 is 248 Å². The van der Waals surface area contributed by atoms with E-state index in [9.17, 15) is 106 Å². The van der Waals surface area contributed by atoms with E-state index in [1.807, 2.05) is 0 Å². The van der Waals surface area contributed by atoms with Crippen LogP contribution in [0.15, 0.2) is 0 Å². The van der Waals surface area contributed by atoms with Gasteiger partial charge in [0.15, 0.2) is 36.8 Å². The van der Waals surface area contributed by atoms with Crippen LogP contribution in [0, 0.1) is 5.92 Å². The zero-order valence-corrected chi connectivity index (χ0v) is 52.4. The summed E-state index contributed by atoms with van der Waals surface area (Å²) in [5.41, 5.74) is 5.54. The number of amides is 2. The molecule has 5 aliphatic rings. The SMILES string of the molecule is CC(=O)NC1C(OC2C(CO)OC(OC3C(CO)OC(OC(C(O)C(C)CO)C(O)C(O)COP(=O)(O)C(C)(C)OCCCCCN)C(NC(C)=O)C3OC3OC(CO)C(O)C(O)C3O)C(O)C2O)OC(CO)C(O)C1OC1OC(COC(C)C)C(O)C(O)C1O. The van der Waals surface area contributed by atoms with E-state index >= 15 is 0 Å². The first-order chi connectivity index (χ1) is 42.7. The van der Waals surface area contributed by atoms with Gasteiger partial charge < -0.3 is 169 Å². The van der Waals surface area contributed by atoms with Crippen LogP contribution in [0.25, 0.3) is 0 Å². The van der Waals surface area contributed by atoms with Crippen molar-refractivity contribution in [2.45, 2.75) is 257 Å². The molecule has 91 heavy (non-hydrogen) atoms. The molecule has 22 N–H and O–H groups in total. The third-order valence-electron chi connectivity index (χ3n) is 16.2. The number of aliphatic hydroxyl groups is 17. The average molecular weight is 1350 g/mol. The third kappa shape index (κ3) is 20.0. The molecule has 0 aromatic rings. The first-order valence-electron chi connectivity index (χ1n) is 30.0. The zero-order chi connectivity index (χ0) is 68.1. The van der Waals surface area contributed by atoms with Crippen molar-refractivity contribution in [2.75, 3.05) is 59.4 Å². The van der Waals surface area contributed by atoms with Gasteiger partial charge in [-0.2, -0.15) is 0 Å². The van der Waals surface area contributed by atoms with Crippen molar-refractivity contribution >= 4 is 19.4 Å². The Bertz CT molecular complexity index is 2220. The van der Waals surface area contributed by atoms with E-state index in [4.69, 9.17) is 67.1 Å². The summed E-state index contributed by atoms with van der Waals surface area (Å²) in [6, 6.07) is -3.70. The van der Waals surface area contributed by atoms with Gasteiger partial charge in [-0.05, 0) is 53.5 Å². The third-order valence-corrected chi connectivity index (χ3v) is 18.1. The second-order valence-electron chi connectivity index (χ2n) is 23.9. The number of ether oxygens (including phenoxy) is 12. The van der Waals surface area contributed by atoms with Gasteiger partial charge in [0.2, 0.25) is 11.8 Å². The molecule has 0 saturated carbocycles. The summed E-state index contributed by atoms with van der Waals surface area (Å²) in [5.74, 6) is -3.03. The number of unbranched alkanes of at least 4 members (excludes halogenated alkanes) is 2. The average Bonchev–Trinajstić information content (AvgIpc) is 0.782. The maximum absolute atomic E-state index is 13.5. The monoisotopic (exact) mass is 1350 g/mol. The van der Waals surface area contributed by atoms with Crippen LogP contribution in [0.4, 0.5) is 0 Å². The van der Waals surface area contributed by atoms with Gasteiger partial charge in [-0.1, -0.05) is 6.92 Å². The first-order valence-corrected chi connectivity index (χ1v) is 31.5. The number of hydrogen-bond donors (Lipinski definition) is 21. The van der Waals surface area contributed by atoms with E-state index in [-0.39, 0.29) is 19.3 Å². The summed E-state index contributed by atoms with van der Waals surface area (Å²) in [6.07, 6.45) is -52.8. The molecular weight excluding hydrogens is 1250 g/mol. The summed E-state index contributed by atoms with van der Waals surface area (Å²) < 4.78 is 89.9. The largest absolute Gasteiger partial charge is 0.396 e. The van der Waals surface area contributed by atoms with Crippen LogP contribution in [-0.4, -0.2) is 352 Å². The highest BCUT2D eigenvalue weighted by molar-refractivity contribution is 7.54. The fourth-order valence-corrected chi connectivity index (χ4v) is 11.5. The maximum atomic E-state index is 13.5. The second kappa shape index (κ2) is 35.9. The van der Waals surface area contributed by atoms with Crippen molar-refractivity contribution in [1.82, 2.24) is 10.6 Å². The molecule has 0 aliphatic carbocycles. The van der Waals surface area contributed by atoms with Crippen LogP contribution in [0.5, 0.6) is 0 Å². The highest BCUT2D eigenvalue weighted by Gasteiger charge is 2.59. The number of rotatable bonds is 34. The minimum Gasteiger partial charge on any atom is -0.396 e. The van der Waals surface area contributed by atoms with Gasteiger partial charge in [-0.3, -0.25) is 14.2 Å². The van der Waals surface area contributed by atoms with Crippen molar-refractivity contribution in [3.8, 4) is 0 Å². The Kier molecular flexibility index (Phi) is 31.4. The first kappa shape index (κ1) is 79.6. The highest BCUT2D eigenvalue weighted by atomic mass is 31.2. The number of nitrogens with one attached hydrogen (secondary N) is 2. The lowest BCUT2D eigenvalue weighted by Crippen LogP contribution is -2.71. The summed E-state index contributed by atoms with van der Waals surface area (Å²) in [7, 11) is -4.83. The lowest BCUT2D eigenvalue weighted by molar-refractivity contribution is -0.389. The standard InChI is InChI=1S/C53H98N3O34P/c1-20(2)78-19-29-35(68)38(71)41(74)51(85-29)88-45-30(55-22(4)62)48(81-26(15-59)36(45)69)86-43-27(16-60)84-52(42(75)39(43)72)87-44-28(17-61)83-49(31(56-23(5)63)46(44)89-50-40(73)37(70)34(67)25(14-58)82-50)90-47(32(65)21(3)13-57)33(66)24(64)18-80-91(76,77)53(6,7)79-12-10-8-9-11-54/h20-21,24-52,57-61,64-75H,8-19,54H2,1-7H3,(H,55,62)(H,56,63)(H,76,77). The molecule has 5 rings (SSSR count). The number of hydrogen-bond acceptors (Lipinski definition) is 34. The Hall–Kier alpha value is -2.11. The van der Waals surface area contributed by atoms with Gasteiger partial charge >= 0.3 is 7.60 Å². The molecule has 5 fully saturated rings. The molecule has 5 aliphatic heterocycles. The van der Waals surface area contributed by atoms with Crippen molar-refractivity contribution in [1.29, 1.82) is 0 Å². The molecule has 0 aromatic carbocycles. The van der Waals surface area contributed by atoms with Gasteiger partial charge in [0.05, 0.1) is 51.8 Å². The fraction of sp³-hybridized carbons (Fsp3) is 0.962. The van der Waals surface area contributed by atoms with E-state index in [0.29, 0.717) is 25.8 Å². The fourth-order valence-electron chi connectivity index (χ4n) is 10.6. The molecule has 0 bridgehead atoms. The van der Waals surface area contributed by atoms with Crippen LogP contribution in [0.3, 0.4) is 0 Å². The molecule has 31 atom stereocenters. The van der Waals surface area contributed by atoms with Crippen molar-refractivity contribution in [3.05, 3.63) is 0 Å². The molecule has 31 unspecified atom stereocenters. The van der Waals surface area contributed by atoms with Gasteiger partial charge in [0.1, 0.15) is 140 Å². The van der Waals surface area contributed by atoms with E-state index in [1.54, 1.807) is 13.8 Å². The summed E-state index contributed by atoms with van der Waals surface area (Å²) in [4.78, 5) is 37.0. The van der Waals surface area contributed by atoms with Crippen LogP contribution in [0.1, 0.15) is 67.7 Å². The summed E-state index contributed by atoms with van der Waals surface area (Å²) in [6.45, 7) is 2.91. The van der Waals surface area contributed by atoms with Gasteiger partial charge in [0, 0.05) is 33.0 Å². The van der Waals surface area contributed by atoms with E-state index in [1.165, 1.54) is 20.8 Å². The Morgan fingerprint density at radius 1 is 0.549 bits per heavy atom.